The summed E-state index contributed by atoms with van der Waals surface area (Å²) in [4.78, 5) is 15.4. The number of aryl methyl sites for hydroxylation is 1. The highest BCUT2D eigenvalue weighted by Gasteiger charge is 2.25. The van der Waals surface area contributed by atoms with E-state index in [9.17, 15) is 13.2 Å². The van der Waals surface area contributed by atoms with E-state index in [0.717, 1.165) is 43.0 Å². The number of nitrogens with zero attached hydrogens (tertiary/aromatic N) is 1. The molecule has 1 aliphatic carbocycles. The number of nitrogens with one attached hydrogen (secondary N) is 2. The standard InChI is InChI=1S/C26H35N3O3S/c1-19-6-5-9-25(20(19)2)28-33(31,32)24-12-10-22(11-13-24)26(30)27-23-14-16-29(17-15-23)18-21-7-3-4-8-21/h5-6,9-13,21,23,28H,3-4,7-8,14-18H2,1-2H3,(H,27,30). The van der Waals surface area contributed by atoms with E-state index in [2.05, 4.69) is 14.9 Å². The highest BCUT2D eigenvalue weighted by molar-refractivity contribution is 7.92. The molecule has 33 heavy (non-hydrogen) atoms. The van der Waals surface area contributed by atoms with Crippen LogP contribution in [0.5, 0.6) is 0 Å². The Kier molecular flexibility index (Phi) is 7.39. The van der Waals surface area contributed by atoms with E-state index >= 15 is 0 Å². The number of carbonyl (C=O) groups is 1. The van der Waals surface area contributed by atoms with Crippen molar-refractivity contribution in [2.24, 2.45) is 5.92 Å². The summed E-state index contributed by atoms with van der Waals surface area (Å²) in [5.41, 5.74) is 2.96. The number of rotatable bonds is 7. The van der Waals surface area contributed by atoms with Crippen LogP contribution in [0.2, 0.25) is 0 Å². The van der Waals surface area contributed by atoms with Crippen LogP contribution in [-0.2, 0) is 10.0 Å². The van der Waals surface area contributed by atoms with Crippen LogP contribution in [0.4, 0.5) is 5.69 Å². The number of anilines is 1. The number of likely N-dealkylation sites (tertiary alicyclic amines) is 1. The smallest absolute Gasteiger partial charge is 0.261 e. The van der Waals surface area contributed by atoms with Gasteiger partial charge in [0.05, 0.1) is 10.6 Å². The maximum absolute atomic E-state index is 12.8. The number of hydrogen-bond donors (Lipinski definition) is 2. The molecule has 0 atom stereocenters. The van der Waals surface area contributed by atoms with Crippen molar-refractivity contribution in [1.82, 2.24) is 10.2 Å². The Morgan fingerprint density at radius 2 is 1.64 bits per heavy atom. The monoisotopic (exact) mass is 469 g/mol. The van der Waals surface area contributed by atoms with Gasteiger partial charge in [-0.2, -0.15) is 0 Å². The third-order valence-corrected chi connectivity index (χ3v) is 8.57. The Balaban J connectivity index is 1.31. The molecule has 178 valence electrons. The van der Waals surface area contributed by atoms with E-state index < -0.39 is 10.0 Å². The number of carbonyl (C=O) groups excluding carboxylic acids is 1. The zero-order valence-electron chi connectivity index (χ0n) is 19.6. The molecule has 1 amide bonds. The van der Waals surface area contributed by atoms with Crippen molar-refractivity contribution in [3.8, 4) is 0 Å². The van der Waals surface area contributed by atoms with Crippen LogP contribution in [0.3, 0.4) is 0 Å². The molecule has 0 aromatic heterocycles. The minimum Gasteiger partial charge on any atom is -0.349 e. The lowest BCUT2D eigenvalue weighted by molar-refractivity contribution is 0.0905. The first-order valence-electron chi connectivity index (χ1n) is 12.0. The molecule has 4 rings (SSSR count). The Hall–Kier alpha value is -2.38. The van der Waals surface area contributed by atoms with Gasteiger partial charge in [-0.05, 0) is 86.9 Å². The Morgan fingerprint density at radius 3 is 2.30 bits per heavy atom. The van der Waals surface area contributed by atoms with Gasteiger partial charge >= 0.3 is 0 Å². The fraction of sp³-hybridized carbons (Fsp3) is 0.500. The summed E-state index contributed by atoms with van der Waals surface area (Å²) < 4.78 is 28.3. The Labute approximate surface area is 197 Å². The van der Waals surface area contributed by atoms with E-state index in [4.69, 9.17) is 0 Å². The first-order valence-corrected chi connectivity index (χ1v) is 13.5. The Bertz CT molecular complexity index is 1070. The fourth-order valence-corrected chi connectivity index (χ4v) is 6.06. The molecule has 0 bridgehead atoms. The van der Waals surface area contributed by atoms with Crippen molar-refractivity contribution in [1.29, 1.82) is 0 Å². The molecular weight excluding hydrogens is 434 g/mol. The molecule has 1 saturated carbocycles. The second kappa shape index (κ2) is 10.3. The lowest BCUT2D eigenvalue weighted by atomic mass is 10.0. The zero-order valence-corrected chi connectivity index (χ0v) is 20.5. The number of amides is 1. The maximum atomic E-state index is 12.8. The second-order valence-electron chi connectivity index (χ2n) is 9.58. The summed E-state index contributed by atoms with van der Waals surface area (Å²) >= 11 is 0. The van der Waals surface area contributed by atoms with Gasteiger partial charge in [0.25, 0.3) is 15.9 Å². The number of benzene rings is 2. The summed E-state index contributed by atoms with van der Waals surface area (Å²) in [6, 6.07) is 11.9. The van der Waals surface area contributed by atoms with Gasteiger partial charge < -0.3 is 10.2 Å². The van der Waals surface area contributed by atoms with Crippen molar-refractivity contribution < 1.29 is 13.2 Å². The minimum atomic E-state index is -3.73. The van der Waals surface area contributed by atoms with Gasteiger partial charge in [-0.3, -0.25) is 9.52 Å². The van der Waals surface area contributed by atoms with Gasteiger partial charge in [-0.25, -0.2) is 8.42 Å². The molecule has 0 unspecified atom stereocenters. The van der Waals surface area contributed by atoms with E-state index in [0.29, 0.717) is 11.3 Å². The molecule has 2 N–H and O–H groups in total. The quantitative estimate of drug-likeness (QED) is 0.626. The zero-order chi connectivity index (χ0) is 23.4. The molecule has 2 aromatic rings. The molecule has 7 heteroatoms. The van der Waals surface area contributed by atoms with Crippen LogP contribution >= 0.6 is 0 Å². The first-order chi connectivity index (χ1) is 15.8. The van der Waals surface area contributed by atoms with Crippen LogP contribution in [-0.4, -0.2) is 44.9 Å². The predicted octanol–water partition coefficient (Wildman–Crippen LogP) is 4.49. The largest absolute Gasteiger partial charge is 0.349 e. The number of hydrogen-bond acceptors (Lipinski definition) is 4. The van der Waals surface area contributed by atoms with Crippen molar-refractivity contribution in [3.63, 3.8) is 0 Å². The van der Waals surface area contributed by atoms with Crippen LogP contribution in [0, 0.1) is 19.8 Å². The molecule has 0 spiro atoms. The molecule has 1 aliphatic heterocycles. The van der Waals surface area contributed by atoms with Gasteiger partial charge in [0.2, 0.25) is 0 Å². The van der Waals surface area contributed by atoms with Crippen LogP contribution < -0.4 is 10.0 Å². The van der Waals surface area contributed by atoms with E-state index in [1.54, 1.807) is 18.2 Å². The summed E-state index contributed by atoms with van der Waals surface area (Å²) in [6.07, 6.45) is 7.40. The number of piperidine rings is 1. The molecule has 1 heterocycles. The Morgan fingerprint density at radius 1 is 0.970 bits per heavy atom. The van der Waals surface area contributed by atoms with Crippen molar-refractivity contribution in [3.05, 3.63) is 59.2 Å². The normalized spacial score (nSPS) is 18.4. The highest BCUT2D eigenvalue weighted by Crippen LogP contribution is 2.27. The minimum absolute atomic E-state index is 0.139. The summed E-state index contributed by atoms with van der Waals surface area (Å²) in [7, 11) is -3.73. The van der Waals surface area contributed by atoms with E-state index in [1.807, 2.05) is 26.0 Å². The topological polar surface area (TPSA) is 78.5 Å². The third-order valence-electron chi connectivity index (χ3n) is 7.19. The molecule has 0 radical (unpaired) electrons. The molecule has 2 aromatic carbocycles. The number of sulfonamides is 1. The van der Waals surface area contributed by atoms with Crippen LogP contribution in [0.25, 0.3) is 0 Å². The van der Waals surface area contributed by atoms with Gasteiger partial charge in [-0.15, -0.1) is 0 Å². The predicted molar refractivity (Wildman–Crippen MR) is 132 cm³/mol. The van der Waals surface area contributed by atoms with Crippen molar-refractivity contribution >= 4 is 21.6 Å². The third kappa shape index (κ3) is 5.95. The van der Waals surface area contributed by atoms with Crippen molar-refractivity contribution in [2.75, 3.05) is 24.4 Å². The van der Waals surface area contributed by atoms with Gasteiger partial charge in [-0.1, -0.05) is 25.0 Å². The SMILES string of the molecule is Cc1cccc(NS(=O)(=O)c2ccc(C(=O)NC3CCN(CC4CCCC4)CC3)cc2)c1C. The van der Waals surface area contributed by atoms with Gasteiger partial charge in [0, 0.05) is 31.2 Å². The van der Waals surface area contributed by atoms with Crippen molar-refractivity contribution in [2.45, 2.75) is 63.3 Å². The van der Waals surface area contributed by atoms with E-state index in [1.165, 1.54) is 44.4 Å². The lowest BCUT2D eigenvalue weighted by Crippen LogP contribution is -2.45. The first kappa shape index (κ1) is 23.8. The summed E-state index contributed by atoms with van der Waals surface area (Å²) in [5.74, 6) is 0.714. The lowest BCUT2D eigenvalue weighted by Gasteiger charge is -2.33. The second-order valence-corrected chi connectivity index (χ2v) is 11.3. The summed E-state index contributed by atoms with van der Waals surface area (Å²) in [5, 5.41) is 3.13. The van der Waals surface area contributed by atoms with Crippen LogP contribution in [0.1, 0.15) is 60.0 Å². The molecule has 2 fully saturated rings. The van der Waals surface area contributed by atoms with E-state index in [-0.39, 0.29) is 16.8 Å². The van der Waals surface area contributed by atoms with Gasteiger partial charge in [0.15, 0.2) is 0 Å². The van der Waals surface area contributed by atoms with Crippen LogP contribution in [0.15, 0.2) is 47.4 Å². The molecule has 1 saturated heterocycles. The molecule has 6 nitrogen and oxygen atoms in total. The highest BCUT2D eigenvalue weighted by atomic mass is 32.2. The maximum Gasteiger partial charge on any atom is 0.261 e. The average Bonchev–Trinajstić information content (AvgIpc) is 3.31. The molecule has 2 aliphatic rings. The van der Waals surface area contributed by atoms with Gasteiger partial charge in [0.1, 0.15) is 0 Å². The summed E-state index contributed by atoms with van der Waals surface area (Å²) in [6.45, 7) is 7.10. The fourth-order valence-electron chi connectivity index (χ4n) is 4.94. The molecular formula is C26H35N3O3S. The average molecular weight is 470 g/mol.